The summed E-state index contributed by atoms with van der Waals surface area (Å²) in [5.74, 6) is -0.422. The van der Waals surface area contributed by atoms with Gasteiger partial charge in [-0.1, -0.05) is 23.7 Å². The molecule has 0 bridgehead atoms. The molecule has 3 heterocycles. The number of oxime groups is 1. The molecule has 24 heavy (non-hydrogen) atoms. The molecule has 0 aliphatic carbocycles. The largest absolute Gasteiger partial charge is 0.382 e. The molecule has 0 radical (unpaired) electrons. The van der Waals surface area contributed by atoms with E-state index in [1.54, 1.807) is 12.1 Å². The van der Waals surface area contributed by atoms with E-state index in [0.29, 0.717) is 23.7 Å². The lowest BCUT2D eigenvalue weighted by Crippen LogP contribution is -2.49. The maximum absolute atomic E-state index is 13.3. The van der Waals surface area contributed by atoms with Crippen molar-refractivity contribution in [3.8, 4) is 0 Å². The second-order valence-corrected chi connectivity index (χ2v) is 6.85. The summed E-state index contributed by atoms with van der Waals surface area (Å²) in [5.41, 5.74) is 1.30. The number of nitrogens with zero attached hydrogens (tertiary/aromatic N) is 2. The molecular formula is C18H22FN3O2. The van der Waals surface area contributed by atoms with Gasteiger partial charge >= 0.3 is 0 Å². The fraction of sp³-hybridized carbons (Fsp3) is 0.556. The minimum absolute atomic E-state index is 0.109. The Hall–Kier alpha value is -1.95. The van der Waals surface area contributed by atoms with Crippen LogP contribution in [0.15, 0.2) is 29.4 Å². The van der Waals surface area contributed by atoms with E-state index in [4.69, 9.17) is 4.84 Å². The van der Waals surface area contributed by atoms with Crippen LogP contribution in [0.2, 0.25) is 0 Å². The van der Waals surface area contributed by atoms with Crippen LogP contribution in [0.1, 0.15) is 37.7 Å². The number of rotatable bonds is 3. The van der Waals surface area contributed by atoms with E-state index in [0.717, 1.165) is 25.9 Å². The van der Waals surface area contributed by atoms with Crippen LogP contribution in [-0.2, 0) is 9.63 Å². The molecule has 3 atom stereocenters. The van der Waals surface area contributed by atoms with Gasteiger partial charge in [0, 0.05) is 30.6 Å². The normalized spacial score (nSPS) is 29.7. The summed E-state index contributed by atoms with van der Waals surface area (Å²) in [7, 11) is 0. The highest BCUT2D eigenvalue weighted by molar-refractivity contribution is 6.04. The minimum Gasteiger partial charge on any atom is -0.382 e. The molecule has 6 heteroatoms. The molecule has 5 nitrogen and oxygen atoms in total. The molecule has 2 fully saturated rings. The molecule has 0 aromatic heterocycles. The summed E-state index contributed by atoms with van der Waals surface area (Å²) in [4.78, 5) is 20.3. The van der Waals surface area contributed by atoms with Gasteiger partial charge in [0.2, 0.25) is 6.10 Å². The second kappa shape index (κ2) is 6.51. The fourth-order valence-corrected chi connectivity index (χ4v) is 4.05. The predicted molar refractivity (Wildman–Crippen MR) is 88.2 cm³/mol. The van der Waals surface area contributed by atoms with Crippen LogP contribution in [0, 0.1) is 5.82 Å². The van der Waals surface area contributed by atoms with Gasteiger partial charge in [-0.3, -0.25) is 9.69 Å². The van der Waals surface area contributed by atoms with Crippen molar-refractivity contribution in [1.82, 2.24) is 10.2 Å². The Labute approximate surface area is 140 Å². The number of carbonyl (C=O) groups excluding carboxylic acids is 1. The van der Waals surface area contributed by atoms with E-state index in [-0.39, 0.29) is 17.8 Å². The van der Waals surface area contributed by atoms with Crippen molar-refractivity contribution in [3.05, 3.63) is 35.6 Å². The molecule has 128 valence electrons. The molecule has 0 unspecified atom stereocenters. The predicted octanol–water partition coefficient (Wildman–Crippen LogP) is 2.06. The Bertz CT molecular complexity index is 663. The van der Waals surface area contributed by atoms with Crippen molar-refractivity contribution >= 4 is 11.6 Å². The monoisotopic (exact) mass is 331 g/mol. The highest BCUT2D eigenvalue weighted by Crippen LogP contribution is 2.27. The first-order chi connectivity index (χ1) is 11.7. The summed E-state index contributed by atoms with van der Waals surface area (Å²) in [5, 5.41) is 7.13. The number of carbonyl (C=O) groups is 1. The van der Waals surface area contributed by atoms with Crippen LogP contribution in [0.5, 0.6) is 0 Å². The van der Waals surface area contributed by atoms with Gasteiger partial charge in [-0.15, -0.1) is 0 Å². The third kappa shape index (κ3) is 3.02. The summed E-state index contributed by atoms with van der Waals surface area (Å²) in [6.45, 7) is 2.20. The molecular weight excluding hydrogens is 309 g/mol. The zero-order valence-electron chi connectivity index (χ0n) is 13.6. The summed E-state index contributed by atoms with van der Waals surface area (Å²) in [6.07, 6.45) is 4.42. The number of halogens is 1. The number of fused-ring (bicyclic) bond motifs is 1. The van der Waals surface area contributed by atoms with Crippen LogP contribution >= 0.6 is 0 Å². The van der Waals surface area contributed by atoms with Gasteiger partial charge < -0.3 is 10.2 Å². The summed E-state index contributed by atoms with van der Waals surface area (Å²) < 4.78 is 13.3. The number of piperidine rings is 1. The third-order valence-electron chi connectivity index (χ3n) is 5.30. The van der Waals surface area contributed by atoms with E-state index in [9.17, 15) is 9.18 Å². The Morgan fingerprint density at radius 3 is 3.08 bits per heavy atom. The SMILES string of the molecule is O=C(N[C@@H]1CCN2CCCC[C@@H]12)[C@@H]1CC(c2cccc(F)c2)=NO1. The Kier molecular flexibility index (Phi) is 4.22. The average molecular weight is 331 g/mol. The van der Waals surface area contributed by atoms with Crippen LogP contribution in [0.3, 0.4) is 0 Å². The lowest BCUT2D eigenvalue weighted by atomic mass is 9.98. The zero-order valence-corrected chi connectivity index (χ0v) is 13.6. The molecule has 4 rings (SSSR count). The number of nitrogens with one attached hydrogen (secondary N) is 1. The second-order valence-electron chi connectivity index (χ2n) is 6.85. The molecule has 0 spiro atoms. The van der Waals surface area contributed by atoms with Gasteiger partial charge in [0.15, 0.2) is 0 Å². The molecule has 1 aromatic rings. The molecule has 3 aliphatic rings. The highest BCUT2D eigenvalue weighted by atomic mass is 19.1. The number of hydrogen-bond donors (Lipinski definition) is 1. The lowest BCUT2D eigenvalue weighted by molar-refractivity contribution is -0.132. The van der Waals surface area contributed by atoms with Crippen LogP contribution in [-0.4, -0.2) is 47.8 Å². The molecule has 1 aromatic carbocycles. The number of hydrogen-bond acceptors (Lipinski definition) is 4. The first-order valence-corrected chi connectivity index (χ1v) is 8.74. The fourth-order valence-electron chi connectivity index (χ4n) is 4.05. The lowest BCUT2D eigenvalue weighted by Gasteiger charge is -2.32. The smallest absolute Gasteiger partial charge is 0.264 e. The van der Waals surface area contributed by atoms with Gasteiger partial charge in [-0.25, -0.2) is 4.39 Å². The van der Waals surface area contributed by atoms with Crippen molar-refractivity contribution in [2.45, 2.75) is 50.3 Å². The van der Waals surface area contributed by atoms with E-state index in [1.807, 2.05) is 0 Å². The summed E-state index contributed by atoms with van der Waals surface area (Å²) in [6, 6.07) is 6.89. The Morgan fingerprint density at radius 1 is 1.29 bits per heavy atom. The van der Waals surface area contributed by atoms with Crippen LogP contribution < -0.4 is 5.32 Å². The highest BCUT2D eigenvalue weighted by Gasteiger charge is 2.38. The van der Waals surface area contributed by atoms with Crippen LogP contribution in [0.4, 0.5) is 4.39 Å². The van der Waals surface area contributed by atoms with Crippen LogP contribution in [0.25, 0.3) is 0 Å². The number of amides is 1. The first kappa shape index (κ1) is 15.6. The standard InChI is InChI=1S/C18H22FN3O2/c19-13-5-3-4-12(10-13)15-11-17(24-21-15)18(23)20-14-7-9-22-8-2-1-6-16(14)22/h3-5,10,14,16-17H,1-2,6-9,11H2,(H,20,23)/t14-,16+,17+/m1/s1. The molecule has 0 saturated carbocycles. The third-order valence-corrected chi connectivity index (χ3v) is 5.30. The van der Waals surface area contributed by atoms with E-state index in [1.165, 1.54) is 25.0 Å². The molecule has 1 N–H and O–H groups in total. The summed E-state index contributed by atoms with van der Waals surface area (Å²) >= 11 is 0. The maximum Gasteiger partial charge on any atom is 0.264 e. The average Bonchev–Trinajstić information content (AvgIpc) is 3.23. The van der Waals surface area contributed by atoms with E-state index >= 15 is 0 Å². The Balaban J connectivity index is 1.35. The van der Waals surface area contributed by atoms with Gasteiger partial charge in [0.25, 0.3) is 5.91 Å². The first-order valence-electron chi connectivity index (χ1n) is 8.74. The molecule has 1 amide bonds. The number of benzene rings is 1. The molecule has 3 aliphatic heterocycles. The Morgan fingerprint density at radius 2 is 2.21 bits per heavy atom. The molecule has 2 saturated heterocycles. The minimum atomic E-state index is -0.610. The van der Waals surface area contributed by atoms with Crippen molar-refractivity contribution in [3.63, 3.8) is 0 Å². The quantitative estimate of drug-likeness (QED) is 0.922. The van der Waals surface area contributed by atoms with Gasteiger partial charge in [0.1, 0.15) is 5.82 Å². The van der Waals surface area contributed by atoms with Gasteiger partial charge in [0.05, 0.1) is 5.71 Å². The topological polar surface area (TPSA) is 53.9 Å². The van der Waals surface area contributed by atoms with Gasteiger partial charge in [-0.05, 0) is 37.9 Å². The van der Waals surface area contributed by atoms with Crippen molar-refractivity contribution < 1.29 is 14.0 Å². The van der Waals surface area contributed by atoms with Gasteiger partial charge in [-0.2, -0.15) is 0 Å². The van der Waals surface area contributed by atoms with Crippen molar-refractivity contribution in [2.24, 2.45) is 5.16 Å². The maximum atomic E-state index is 13.3. The van der Waals surface area contributed by atoms with E-state index in [2.05, 4.69) is 15.4 Å². The van der Waals surface area contributed by atoms with Crippen molar-refractivity contribution in [2.75, 3.05) is 13.1 Å². The van der Waals surface area contributed by atoms with Crippen molar-refractivity contribution in [1.29, 1.82) is 0 Å². The van der Waals surface area contributed by atoms with E-state index < -0.39 is 6.10 Å². The zero-order chi connectivity index (χ0) is 16.5.